The summed E-state index contributed by atoms with van der Waals surface area (Å²) >= 11 is -1.19. The van der Waals surface area contributed by atoms with E-state index in [4.69, 9.17) is 0 Å². The molecule has 1 aliphatic carbocycles. The molecule has 0 bridgehead atoms. The quantitative estimate of drug-likeness (QED) is 0.721. The van der Waals surface area contributed by atoms with E-state index in [1.807, 2.05) is 0 Å². The fourth-order valence-corrected chi connectivity index (χ4v) is 7.44. The second-order valence-corrected chi connectivity index (χ2v) is 12.1. The van der Waals surface area contributed by atoms with Crippen molar-refractivity contribution in [1.82, 2.24) is 0 Å². The van der Waals surface area contributed by atoms with Crippen molar-refractivity contribution in [2.45, 2.75) is 39.6 Å². The molecule has 1 aromatic carbocycles. The summed E-state index contributed by atoms with van der Waals surface area (Å²) in [5.74, 6) is 0.638. The van der Waals surface area contributed by atoms with Crippen LogP contribution < -0.4 is 0 Å². The zero-order valence-corrected chi connectivity index (χ0v) is 13.4. The van der Waals surface area contributed by atoms with E-state index in [9.17, 15) is 0 Å². The number of benzene rings is 1. The Morgan fingerprint density at radius 1 is 1.19 bits per heavy atom. The Morgan fingerprint density at radius 3 is 2.44 bits per heavy atom. The minimum atomic E-state index is -1.19. The molecular weight excluding hydrogens is 271 g/mol. The summed E-state index contributed by atoms with van der Waals surface area (Å²) in [7, 11) is 0. The Hall–Kier alpha value is -0.157. The summed E-state index contributed by atoms with van der Waals surface area (Å²) in [6.07, 6.45) is 2.45. The molecule has 0 N–H and O–H groups in total. The van der Waals surface area contributed by atoms with E-state index in [2.05, 4.69) is 54.3 Å². The molecule has 0 amide bonds. The van der Waals surface area contributed by atoms with Crippen molar-refractivity contribution >= 4 is 6.08 Å². The molecule has 0 heterocycles. The molecule has 0 radical (unpaired) electrons. The second-order valence-electron chi connectivity index (χ2n) is 5.40. The summed E-state index contributed by atoms with van der Waals surface area (Å²) < 4.78 is 5.86. The van der Waals surface area contributed by atoms with Gasteiger partial charge in [0.15, 0.2) is 0 Å². The Labute approximate surface area is 107 Å². The van der Waals surface area contributed by atoms with Crippen LogP contribution in [0.4, 0.5) is 0 Å². The Kier molecular flexibility index (Phi) is 3.54. The standard InChI is InChI=1S/C13H15.2CH3.Zr/c1-9(2)12-6-4-5-11-7-10(3)8-13(11)12;;;/h4-9H,1-3H3;2*1H3;. The van der Waals surface area contributed by atoms with Gasteiger partial charge in [0.25, 0.3) is 0 Å². The van der Waals surface area contributed by atoms with E-state index >= 15 is 0 Å². The first-order valence-electron chi connectivity index (χ1n) is 6.13. The van der Waals surface area contributed by atoms with Crippen LogP contribution in [0.3, 0.4) is 0 Å². The first kappa shape index (κ1) is 12.3. The third-order valence-electron chi connectivity index (χ3n) is 3.51. The molecule has 0 aliphatic heterocycles. The molecular formula is C15H21Zr. The average Bonchev–Trinajstić information content (AvgIpc) is 2.52. The van der Waals surface area contributed by atoms with E-state index in [-0.39, 0.29) is 0 Å². The Morgan fingerprint density at radius 2 is 1.88 bits per heavy atom. The molecule has 16 heavy (non-hydrogen) atoms. The zero-order valence-electron chi connectivity index (χ0n) is 11.0. The molecule has 1 aliphatic rings. The summed E-state index contributed by atoms with van der Waals surface area (Å²) in [5.41, 5.74) is 6.32. The van der Waals surface area contributed by atoms with Gasteiger partial charge in [-0.1, -0.05) is 0 Å². The molecule has 0 saturated carbocycles. The normalized spacial score (nSPS) is 18.6. The van der Waals surface area contributed by atoms with E-state index in [0.717, 1.165) is 3.63 Å². The maximum atomic E-state index is 2.52. The zero-order chi connectivity index (χ0) is 11.9. The molecule has 0 spiro atoms. The minimum absolute atomic E-state index is 0.638. The van der Waals surface area contributed by atoms with Crippen LogP contribution in [0, 0.1) is 0 Å². The van der Waals surface area contributed by atoms with Gasteiger partial charge in [-0.25, -0.2) is 0 Å². The molecule has 0 saturated heterocycles. The van der Waals surface area contributed by atoms with Crippen LogP contribution in [0.25, 0.3) is 6.08 Å². The predicted molar refractivity (Wildman–Crippen MR) is 68.7 cm³/mol. The van der Waals surface area contributed by atoms with Crippen LogP contribution in [-0.2, 0) is 21.8 Å². The van der Waals surface area contributed by atoms with Gasteiger partial charge in [-0.3, -0.25) is 0 Å². The topological polar surface area (TPSA) is 0 Å². The Bertz CT molecular complexity index is 427. The van der Waals surface area contributed by atoms with Gasteiger partial charge in [0.2, 0.25) is 0 Å². The van der Waals surface area contributed by atoms with Gasteiger partial charge in [0, 0.05) is 0 Å². The molecule has 85 valence electrons. The number of allylic oxidation sites excluding steroid dienone is 1. The summed E-state index contributed by atoms with van der Waals surface area (Å²) in [6.45, 7) is 6.91. The van der Waals surface area contributed by atoms with Crippen LogP contribution in [-0.4, -0.2) is 0 Å². The first-order chi connectivity index (χ1) is 7.52. The SMILES string of the molecule is CC1=Cc2c(C(C)C)cccc2[CH]1[Zr]([CH3])[CH3]. The van der Waals surface area contributed by atoms with Crippen molar-refractivity contribution in [3.63, 3.8) is 0 Å². The second kappa shape index (κ2) is 4.61. The van der Waals surface area contributed by atoms with Crippen LogP contribution in [0.15, 0.2) is 23.8 Å². The van der Waals surface area contributed by atoms with Gasteiger partial charge in [0.05, 0.1) is 0 Å². The van der Waals surface area contributed by atoms with Crippen molar-refractivity contribution in [1.29, 1.82) is 0 Å². The van der Waals surface area contributed by atoms with Crippen molar-refractivity contribution in [2.75, 3.05) is 0 Å². The van der Waals surface area contributed by atoms with Gasteiger partial charge in [-0.05, 0) is 0 Å². The van der Waals surface area contributed by atoms with Gasteiger partial charge in [-0.2, -0.15) is 0 Å². The molecule has 1 heteroatoms. The van der Waals surface area contributed by atoms with Crippen molar-refractivity contribution < 1.29 is 21.8 Å². The van der Waals surface area contributed by atoms with Gasteiger partial charge < -0.3 is 0 Å². The summed E-state index contributed by atoms with van der Waals surface area (Å²) in [6, 6.07) is 6.90. The predicted octanol–water partition coefficient (Wildman–Crippen LogP) is 4.98. The van der Waals surface area contributed by atoms with Crippen LogP contribution in [0.5, 0.6) is 0 Å². The van der Waals surface area contributed by atoms with Crippen LogP contribution in [0.2, 0.25) is 9.26 Å². The average molecular weight is 293 g/mol. The molecule has 0 aromatic heterocycles. The third-order valence-corrected chi connectivity index (χ3v) is 8.23. The van der Waals surface area contributed by atoms with Crippen LogP contribution in [0.1, 0.15) is 47.0 Å². The monoisotopic (exact) mass is 291 g/mol. The molecule has 1 aromatic rings. The van der Waals surface area contributed by atoms with E-state index in [0.29, 0.717) is 5.92 Å². The Balaban J connectivity index is 2.55. The first-order valence-corrected chi connectivity index (χ1v) is 12.5. The van der Waals surface area contributed by atoms with E-state index in [1.165, 1.54) is 5.56 Å². The third kappa shape index (κ3) is 1.99. The summed E-state index contributed by atoms with van der Waals surface area (Å²) in [4.78, 5) is 0. The number of hydrogen-bond acceptors (Lipinski definition) is 0. The molecule has 2 rings (SSSR count). The van der Waals surface area contributed by atoms with E-state index in [1.54, 1.807) is 16.7 Å². The number of rotatable bonds is 2. The summed E-state index contributed by atoms with van der Waals surface area (Å²) in [5, 5.41) is 0. The van der Waals surface area contributed by atoms with Crippen LogP contribution >= 0.6 is 0 Å². The molecule has 0 fully saturated rings. The number of fused-ring (bicyclic) bond motifs is 1. The molecule has 1 unspecified atom stereocenters. The molecule has 1 atom stereocenters. The molecule has 0 nitrogen and oxygen atoms in total. The fourth-order valence-electron chi connectivity index (χ4n) is 2.85. The van der Waals surface area contributed by atoms with Crippen molar-refractivity contribution in [3.8, 4) is 0 Å². The van der Waals surface area contributed by atoms with Gasteiger partial charge >= 0.3 is 108 Å². The number of hydrogen-bond donors (Lipinski definition) is 0. The van der Waals surface area contributed by atoms with Crippen molar-refractivity contribution in [2.24, 2.45) is 0 Å². The maximum absolute atomic E-state index is 2.52. The van der Waals surface area contributed by atoms with Gasteiger partial charge in [-0.15, -0.1) is 0 Å². The van der Waals surface area contributed by atoms with Crippen molar-refractivity contribution in [3.05, 3.63) is 40.5 Å². The van der Waals surface area contributed by atoms with Gasteiger partial charge in [0.1, 0.15) is 0 Å². The van der Waals surface area contributed by atoms with E-state index < -0.39 is 21.8 Å². The fraction of sp³-hybridized carbons (Fsp3) is 0.467.